The Labute approximate surface area is 157 Å². The Morgan fingerprint density at radius 1 is 0.760 bits per heavy atom. The first-order valence-electron chi connectivity index (χ1n) is 11.6. The molecule has 1 heteroatoms. The lowest BCUT2D eigenvalue weighted by Crippen LogP contribution is -2.38. The molecule has 0 bridgehead atoms. The number of hydrogen-bond donors (Lipinski definition) is 0. The molecule has 3 aliphatic rings. The first-order valence-corrected chi connectivity index (χ1v) is 11.6. The Balaban J connectivity index is 1.50. The largest absolute Gasteiger partial charge is 0.198 e. The molecule has 0 radical (unpaired) electrons. The Kier molecular flexibility index (Phi) is 6.87. The van der Waals surface area contributed by atoms with Crippen LogP contribution >= 0.6 is 0 Å². The molecule has 3 saturated carbocycles. The molecule has 0 spiro atoms. The van der Waals surface area contributed by atoms with Crippen molar-refractivity contribution in [3.63, 3.8) is 0 Å². The van der Waals surface area contributed by atoms with Crippen LogP contribution in [-0.4, -0.2) is 0 Å². The van der Waals surface area contributed by atoms with E-state index in [1.54, 1.807) is 0 Å². The fourth-order valence-electron chi connectivity index (χ4n) is 6.72. The van der Waals surface area contributed by atoms with Crippen molar-refractivity contribution in [2.75, 3.05) is 0 Å². The van der Waals surface area contributed by atoms with Crippen molar-refractivity contribution in [1.29, 1.82) is 5.26 Å². The number of nitrogens with zero attached hydrogens (tertiary/aromatic N) is 1. The standard InChI is InChI=1S/C24H41N/c1-3-5-20-8-12-23(13-9-20)24(18-25)16-14-22(15-17-24)21-10-6-19(4-2)7-11-21/h19-23H,3-17H2,1-2H3. The van der Waals surface area contributed by atoms with E-state index < -0.39 is 0 Å². The highest BCUT2D eigenvalue weighted by atomic mass is 14.5. The average Bonchev–Trinajstić information content (AvgIpc) is 2.69. The van der Waals surface area contributed by atoms with Crippen LogP contribution in [0.2, 0.25) is 0 Å². The SMILES string of the molecule is CCCC1CCC(C2(C#N)CCC(C3CCC(CC)CC3)CC2)CC1. The highest BCUT2D eigenvalue weighted by molar-refractivity contribution is 5.06. The maximum absolute atomic E-state index is 10.1. The first-order chi connectivity index (χ1) is 12.2. The second-order valence-electron chi connectivity index (χ2n) is 9.80. The molecule has 1 nitrogen and oxygen atoms in total. The van der Waals surface area contributed by atoms with E-state index in [-0.39, 0.29) is 5.41 Å². The first kappa shape index (κ1) is 19.3. The van der Waals surface area contributed by atoms with Gasteiger partial charge in [0.15, 0.2) is 0 Å². The second kappa shape index (κ2) is 8.92. The molecular formula is C24H41N. The van der Waals surface area contributed by atoms with E-state index in [0.717, 1.165) is 23.7 Å². The highest BCUT2D eigenvalue weighted by Gasteiger charge is 2.44. The monoisotopic (exact) mass is 343 g/mol. The normalized spacial score (nSPS) is 42.7. The topological polar surface area (TPSA) is 23.8 Å². The minimum atomic E-state index is 0.0499. The Morgan fingerprint density at radius 3 is 1.84 bits per heavy atom. The van der Waals surface area contributed by atoms with Gasteiger partial charge in [0.05, 0.1) is 11.5 Å². The molecule has 0 saturated heterocycles. The van der Waals surface area contributed by atoms with Gasteiger partial charge in [-0.2, -0.15) is 5.26 Å². The quantitative estimate of drug-likeness (QED) is 0.506. The van der Waals surface area contributed by atoms with Gasteiger partial charge < -0.3 is 0 Å². The maximum atomic E-state index is 10.1. The molecule has 0 atom stereocenters. The number of rotatable bonds is 5. The summed E-state index contributed by atoms with van der Waals surface area (Å²) in [4.78, 5) is 0. The van der Waals surface area contributed by atoms with Crippen LogP contribution in [0.4, 0.5) is 0 Å². The van der Waals surface area contributed by atoms with Crippen molar-refractivity contribution in [1.82, 2.24) is 0 Å². The van der Waals surface area contributed by atoms with E-state index in [4.69, 9.17) is 0 Å². The summed E-state index contributed by atoms with van der Waals surface area (Å²) in [7, 11) is 0. The minimum absolute atomic E-state index is 0.0499. The third-order valence-electron chi connectivity index (χ3n) is 8.61. The smallest absolute Gasteiger partial charge is 0.0692 e. The zero-order chi connectivity index (χ0) is 17.7. The summed E-state index contributed by atoms with van der Waals surface area (Å²) >= 11 is 0. The Morgan fingerprint density at radius 2 is 1.32 bits per heavy atom. The molecule has 0 unspecified atom stereocenters. The summed E-state index contributed by atoms with van der Waals surface area (Å²) in [5, 5.41) is 10.1. The zero-order valence-corrected chi connectivity index (χ0v) is 16.9. The average molecular weight is 344 g/mol. The summed E-state index contributed by atoms with van der Waals surface area (Å²) in [5.74, 6) is 4.61. The third-order valence-corrected chi connectivity index (χ3v) is 8.61. The second-order valence-corrected chi connectivity index (χ2v) is 9.80. The Bertz CT molecular complexity index is 424. The van der Waals surface area contributed by atoms with Crippen molar-refractivity contribution in [2.45, 2.75) is 110 Å². The molecule has 142 valence electrons. The van der Waals surface area contributed by atoms with E-state index >= 15 is 0 Å². The molecular weight excluding hydrogens is 302 g/mol. The molecule has 3 fully saturated rings. The molecule has 0 N–H and O–H groups in total. The van der Waals surface area contributed by atoms with Gasteiger partial charge in [0.1, 0.15) is 0 Å². The van der Waals surface area contributed by atoms with Crippen molar-refractivity contribution in [3.8, 4) is 6.07 Å². The predicted octanol–water partition coefficient (Wildman–Crippen LogP) is 7.51. The summed E-state index contributed by atoms with van der Waals surface area (Å²) in [6, 6.07) is 2.87. The van der Waals surface area contributed by atoms with Crippen LogP contribution in [0.5, 0.6) is 0 Å². The van der Waals surface area contributed by atoms with Crippen LogP contribution in [0.25, 0.3) is 0 Å². The third kappa shape index (κ3) is 4.43. The molecule has 0 aromatic rings. The molecule has 0 heterocycles. The van der Waals surface area contributed by atoms with Gasteiger partial charge in [-0.05, 0) is 81.0 Å². The van der Waals surface area contributed by atoms with Crippen LogP contribution in [0.1, 0.15) is 110 Å². The van der Waals surface area contributed by atoms with Gasteiger partial charge in [0.25, 0.3) is 0 Å². The molecule has 0 aromatic carbocycles. The zero-order valence-electron chi connectivity index (χ0n) is 16.9. The van der Waals surface area contributed by atoms with Gasteiger partial charge in [0, 0.05) is 0 Å². The van der Waals surface area contributed by atoms with Gasteiger partial charge in [-0.15, -0.1) is 0 Å². The van der Waals surface area contributed by atoms with E-state index in [1.165, 1.54) is 96.3 Å². The van der Waals surface area contributed by atoms with Crippen molar-refractivity contribution in [3.05, 3.63) is 0 Å². The van der Waals surface area contributed by atoms with Crippen LogP contribution in [0.15, 0.2) is 0 Å². The molecule has 0 amide bonds. The van der Waals surface area contributed by atoms with E-state index in [9.17, 15) is 5.26 Å². The highest BCUT2D eigenvalue weighted by Crippen LogP contribution is 2.52. The molecule has 3 aliphatic carbocycles. The van der Waals surface area contributed by atoms with Crippen molar-refractivity contribution >= 4 is 0 Å². The van der Waals surface area contributed by atoms with Crippen LogP contribution < -0.4 is 0 Å². The molecule has 3 rings (SSSR count). The van der Waals surface area contributed by atoms with Crippen molar-refractivity contribution < 1.29 is 0 Å². The van der Waals surface area contributed by atoms with Crippen LogP contribution in [0.3, 0.4) is 0 Å². The lowest BCUT2D eigenvalue weighted by Gasteiger charge is -2.45. The van der Waals surface area contributed by atoms with Crippen LogP contribution in [-0.2, 0) is 0 Å². The van der Waals surface area contributed by atoms with E-state index in [2.05, 4.69) is 19.9 Å². The summed E-state index contributed by atoms with van der Waals surface area (Å²) in [6.07, 6.45) is 20.6. The number of hydrogen-bond acceptors (Lipinski definition) is 1. The van der Waals surface area contributed by atoms with Crippen LogP contribution in [0, 0.1) is 46.3 Å². The van der Waals surface area contributed by atoms with Gasteiger partial charge in [-0.1, -0.05) is 58.8 Å². The maximum Gasteiger partial charge on any atom is 0.0692 e. The van der Waals surface area contributed by atoms with Gasteiger partial charge in [-0.3, -0.25) is 0 Å². The van der Waals surface area contributed by atoms with Crippen molar-refractivity contribution in [2.24, 2.45) is 35.0 Å². The molecule has 25 heavy (non-hydrogen) atoms. The fraction of sp³-hybridized carbons (Fsp3) is 0.958. The summed E-state index contributed by atoms with van der Waals surface area (Å²) in [6.45, 7) is 4.68. The summed E-state index contributed by atoms with van der Waals surface area (Å²) < 4.78 is 0. The lowest BCUT2D eigenvalue weighted by molar-refractivity contribution is 0.0607. The minimum Gasteiger partial charge on any atom is -0.198 e. The summed E-state index contributed by atoms with van der Waals surface area (Å²) in [5.41, 5.74) is 0.0499. The predicted molar refractivity (Wildman–Crippen MR) is 106 cm³/mol. The van der Waals surface area contributed by atoms with E-state index in [1.807, 2.05) is 0 Å². The fourth-order valence-corrected chi connectivity index (χ4v) is 6.72. The molecule has 0 aromatic heterocycles. The van der Waals surface area contributed by atoms with E-state index in [0.29, 0.717) is 5.92 Å². The van der Waals surface area contributed by atoms with Gasteiger partial charge in [-0.25, -0.2) is 0 Å². The molecule has 0 aliphatic heterocycles. The number of nitriles is 1. The lowest BCUT2D eigenvalue weighted by atomic mass is 9.57. The van der Waals surface area contributed by atoms with Gasteiger partial charge >= 0.3 is 0 Å². The Hall–Kier alpha value is -0.510. The van der Waals surface area contributed by atoms with Gasteiger partial charge in [0.2, 0.25) is 0 Å².